The van der Waals surface area contributed by atoms with Crippen LogP contribution in [0.25, 0.3) is 0 Å². The predicted molar refractivity (Wildman–Crippen MR) is 283 cm³/mol. The Balaban J connectivity index is 0.923. The van der Waals surface area contributed by atoms with Gasteiger partial charge in [0.15, 0.2) is 35.7 Å². The van der Waals surface area contributed by atoms with Crippen LogP contribution >= 0.6 is 11.8 Å². The SMILES string of the molecule is CCCC1O[C@@H]2C[C@H]3[C@@H]4C[C@H](F)C5=CC(=O)C=C[C@]5(C)[C@@]4(F)[C@@H](O)C[C@]3(C)[C@]2(C(=O)COC(=O)NCc2ccc(NC(=O)[C@H](CCCNC(N)=O)CC(=O)C(NC(=O)CCCCCN3C(=O)CC(SC)C3=O)C(C)C)cc2)O1. The molecule has 5 fully saturated rings. The fraction of sp³-hybridized carbons (Fsp3) is 0.661. The van der Waals surface area contributed by atoms with E-state index in [0.717, 1.165) is 6.08 Å². The van der Waals surface area contributed by atoms with Crippen molar-refractivity contribution in [2.45, 2.75) is 172 Å². The number of primary amides is 1. The van der Waals surface area contributed by atoms with Gasteiger partial charge in [-0.3, -0.25) is 38.5 Å². The second kappa shape index (κ2) is 24.8. The molecule has 6 aliphatic rings. The Hall–Kier alpha value is -5.58. The quantitative estimate of drug-likeness (QED) is 0.0496. The highest BCUT2D eigenvalue weighted by Crippen LogP contribution is 2.72. The van der Waals surface area contributed by atoms with E-state index in [1.54, 1.807) is 51.3 Å². The summed E-state index contributed by atoms with van der Waals surface area (Å²) in [7, 11) is 0. The lowest BCUT2D eigenvalue weighted by Gasteiger charge is -2.63. The lowest BCUT2D eigenvalue weighted by atomic mass is 9.44. The number of imide groups is 1. The fourth-order valence-electron chi connectivity index (χ4n) is 13.2. The summed E-state index contributed by atoms with van der Waals surface area (Å²) in [5.74, 6) is -5.59. The third-order valence-electron chi connectivity index (χ3n) is 17.3. The average Bonchev–Trinajstić information content (AvgIpc) is 3.99. The Morgan fingerprint density at radius 1 is 1.00 bits per heavy atom. The molecule has 4 aliphatic carbocycles. The van der Waals surface area contributed by atoms with Gasteiger partial charge in [0.2, 0.25) is 29.4 Å². The van der Waals surface area contributed by atoms with E-state index in [4.69, 9.17) is 19.9 Å². The van der Waals surface area contributed by atoms with Gasteiger partial charge in [-0.25, -0.2) is 18.4 Å². The molecule has 0 bridgehead atoms. The van der Waals surface area contributed by atoms with Gasteiger partial charge < -0.3 is 46.3 Å². The maximum Gasteiger partial charge on any atom is 0.407 e. The molecule has 13 atom stereocenters. The molecule has 428 valence electrons. The number of aliphatic hydroxyl groups is 1. The van der Waals surface area contributed by atoms with Crippen LogP contribution in [-0.4, -0.2) is 136 Å². The highest BCUT2D eigenvalue weighted by atomic mass is 32.2. The fourth-order valence-corrected chi connectivity index (χ4v) is 13.9. The van der Waals surface area contributed by atoms with Crippen molar-refractivity contribution in [2.24, 2.45) is 40.2 Å². The number of hydrogen-bond acceptors (Lipinski definition) is 14. The number of halogens is 2. The molecule has 7 amide bonds. The van der Waals surface area contributed by atoms with Crippen LogP contribution in [0.15, 0.2) is 48.1 Å². The number of unbranched alkanes of at least 4 members (excludes halogenated alkanes) is 2. The summed E-state index contributed by atoms with van der Waals surface area (Å²) in [6.07, 6.45) is 2.33. The highest BCUT2D eigenvalue weighted by Gasteiger charge is 2.80. The first-order chi connectivity index (χ1) is 36.9. The minimum absolute atomic E-state index is 0.0158. The number of allylic oxidation sites excluding steroid dienone is 4. The zero-order chi connectivity index (χ0) is 56.9. The van der Waals surface area contributed by atoms with Gasteiger partial charge in [-0.2, -0.15) is 11.8 Å². The largest absolute Gasteiger partial charge is 0.441 e. The van der Waals surface area contributed by atoms with Crippen LogP contribution in [0.3, 0.4) is 0 Å². The number of aliphatic hydroxyl groups excluding tert-OH is 1. The Morgan fingerprint density at radius 2 is 1.73 bits per heavy atom. The third kappa shape index (κ3) is 12.0. The molecule has 1 aromatic carbocycles. The van der Waals surface area contributed by atoms with Crippen molar-refractivity contribution in [2.75, 3.05) is 31.3 Å². The zero-order valence-electron chi connectivity index (χ0n) is 45.4. The average molecular weight is 1110 g/mol. The summed E-state index contributed by atoms with van der Waals surface area (Å²) in [5.41, 5.74) is -0.849. The van der Waals surface area contributed by atoms with Gasteiger partial charge in [0.25, 0.3) is 0 Å². The first-order valence-electron chi connectivity index (χ1n) is 27.3. The number of ketones is 3. The molecule has 0 radical (unpaired) electrons. The zero-order valence-corrected chi connectivity index (χ0v) is 46.2. The van der Waals surface area contributed by atoms with Crippen LogP contribution in [0.5, 0.6) is 0 Å². The number of thioether (sulfide) groups is 1. The van der Waals surface area contributed by atoms with Crippen LogP contribution < -0.4 is 27.0 Å². The van der Waals surface area contributed by atoms with Gasteiger partial charge in [0.05, 0.1) is 23.5 Å². The summed E-state index contributed by atoms with van der Waals surface area (Å²) >= 11 is 1.35. The van der Waals surface area contributed by atoms with Gasteiger partial charge in [-0.05, 0) is 112 Å². The van der Waals surface area contributed by atoms with Crippen molar-refractivity contribution < 1.29 is 71.2 Å². The Morgan fingerprint density at radius 3 is 2.40 bits per heavy atom. The highest BCUT2D eigenvalue weighted by molar-refractivity contribution is 8.00. The molecule has 7 rings (SSSR count). The molecule has 2 aliphatic heterocycles. The summed E-state index contributed by atoms with van der Waals surface area (Å²) in [4.78, 5) is 118. The molecule has 0 spiro atoms. The van der Waals surface area contributed by atoms with Gasteiger partial charge in [0, 0.05) is 67.2 Å². The molecule has 1 aromatic rings. The molecule has 7 N–H and O–H groups in total. The third-order valence-corrected chi connectivity index (χ3v) is 18.2. The van der Waals surface area contributed by atoms with Gasteiger partial charge in [0.1, 0.15) is 6.17 Å². The van der Waals surface area contributed by atoms with E-state index in [0.29, 0.717) is 56.3 Å². The number of fused-ring (bicyclic) bond motifs is 7. The van der Waals surface area contributed by atoms with E-state index in [1.165, 1.54) is 35.7 Å². The summed E-state index contributed by atoms with van der Waals surface area (Å²) in [6, 6.07) is 4.85. The smallest absolute Gasteiger partial charge is 0.407 e. The summed E-state index contributed by atoms with van der Waals surface area (Å²) in [5, 5.41) is 22.3. The van der Waals surface area contributed by atoms with E-state index in [1.807, 2.05) is 6.92 Å². The van der Waals surface area contributed by atoms with Gasteiger partial charge >= 0.3 is 12.1 Å². The number of nitrogens with two attached hydrogens (primary N) is 1. The first-order valence-corrected chi connectivity index (χ1v) is 28.6. The predicted octanol–water partition coefficient (Wildman–Crippen LogP) is 5.85. The van der Waals surface area contributed by atoms with E-state index in [9.17, 15) is 48.3 Å². The number of nitrogens with zero attached hydrogens (tertiary/aromatic N) is 1. The van der Waals surface area contributed by atoms with Crippen LogP contribution in [0.1, 0.15) is 124 Å². The lowest BCUT2D eigenvalue weighted by molar-refractivity contribution is -0.234. The number of hydrogen-bond donors (Lipinski definition) is 6. The standard InChI is InChI=1S/C56H76F2N6O13S/c1-7-12-47-76-44-26-36-37-25-39(57)38-24-35(65)19-20-53(38,4)55(37,58)42(67)28-54(36,5)56(44,77-47)43(68)30-75-52(74)61-29-32-15-17-34(18-16-32)62-49(71)33(13-11-21-60-51(59)73)23-40(66)48(31(2)3)63-45(69)14-9-8-10-22-64-46(70)27-41(78-6)50(64)72/h15-20,24,31,33,36-37,39,41-42,44,47-48,67H,7-14,21-23,25-30H2,1-6H3,(H,61,74)(H,62,71)(H,63,69)(H3,59,60,73)/t33-,36+,37+,39+,41?,42+,44-,47?,48?,53+,54+,55+,56-/m1/s1. The van der Waals surface area contributed by atoms with Crippen LogP contribution in [0, 0.1) is 34.5 Å². The number of amides is 7. The van der Waals surface area contributed by atoms with Crippen molar-refractivity contribution in [3.8, 4) is 0 Å². The molecule has 3 unspecified atom stereocenters. The molecule has 22 heteroatoms. The number of ether oxygens (including phenoxy) is 3. The monoisotopic (exact) mass is 1110 g/mol. The lowest BCUT2D eigenvalue weighted by Crippen LogP contribution is -2.71. The van der Waals surface area contributed by atoms with Crippen molar-refractivity contribution in [1.82, 2.24) is 20.9 Å². The molecular formula is C56H76F2N6O13S. The number of nitrogens with one attached hydrogen (secondary N) is 4. The maximum atomic E-state index is 17.9. The second-order valence-electron chi connectivity index (χ2n) is 22.5. The number of alkyl halides is 2. The van der Waals surface area contributed by atoms with E-state index >= 15 is 8.78 Å². The van der Waals surface area contributed by atoms with Crippen molar-refractivity contribution in [1.29, 1.82) is 0 Å². The number of benzene rings is 1. The number of alkyl carbamates (subject to hydrolysis) is 1. The molecule has 0 aromatic heterocycles. The van der Waals surface area contributed by atoms with Gasteiger partial charge in [-0.1, -0.05) is 58.7 Å². The van der Waals surface area contributed by atoms with Gasteiger partial charge in [-0.15, -0.1) is 0 Å². The van der Waals surface area contributed by atoms with Crippen molar-refractivity contribution >= 4 is 70.6 Å². The molecule has 78 heavy (non-hydrogen) atoms. The topological polar surface area (TPSA) is 279 Å². The number of rotatable bonds is 25. The Kier molecular flexibility index (Phi) is 19.1. The number of anilines is 1. The first kappa shape index (κ1) is 60.1. The number of urea groups is 1. The number of carbonyl (C=O) groups is 9. The van der Waals surface area contributed by atoms with E-state index in [2.05, 4.69) is 21.3 Å². The maximum absolute atomic E-state index is 17.9. The number of likely N-dealkylation sites (tertiary alicyclic amines) is 1. The Labute approximate surface area is 458 Å². The normalized spacial score (nSPS) is 31.6. The number of Topliss-reactive ketones (excluding diaryl/α,β-unsaturated/α-hetero) is 2. The van der Waals surface area contributed by atoms with E-state index < -0.39 is 107 Å². The molecule has 19 nitrogen and oxygen atoms in total. The molecule has 2 saturated heterocycles. The van der Waals surface area contributed by atoms with Crippen LogP contribution in [0.2, 0.25) is 0 Å². The summed E-state index contributed by atoms with van der Waals surface area (Å²) in [6.45, 7) is 8.38. The second-order valence-corrected chi connectivity index (χ2v) is 23.6. The molecular weight excluding hydrogens is 1030 g/mol. The minimum Gasteiger partial charge on any atom is -0.441 e. The van der Waals surface area contributed by atoms with Crippen LogP contribution in [-0.2, 0) is 54.3 Å². The minimum atomic E-state index is -2.38. The molecule has 3 saturated carbocycles. The van der Waals surface area contributed by atoms with Crippen LogP contribution in [0.4, 0.5) is 24.1 Å². The van der Waals surface area contributed by atoms with E-state index in [-0.39, 0.29) is 98.3 Å². The Bertz CT molecular complexity index is 2550. The van der Waals surface area contributed by atoms with Crippen molar-refractivity contribution in [3.05, 3.63) is 53.6 Å². The van der Waals surface area contributed by atoms with Crippen molar-refractivity contribution in [3.63, 3.8) is 0 Å². The summed E-state index contributed by atoms with van der Waals surface area (Å²) < 4.78 is 52.4. The molecule has 2 heterocycles. The number of carbonyl (C=O) groups excluding carboxylic acids is 9.